The second-order valence-electron chi connectivity index (χ2n) is 12.0. The van der Waals surface area contributed by atoms with Gasteiger partial charge in [-0.05, 0) is 60.2 Å². The molecule has 4 heterocycles. The van der Waals surface area contributed by atoms with Crippen molar-refractivity contribution < 1.29 is 4.42 Å². The van der Waals surface area contributed by atoms with E-state index in [4.69, 9.17) is 4.42 Å². The SMILES string of the molecule is c1ccc2c(c1)oc1cccc(-c3cccc4c3sc3ccc(-n5c6ccccc6c6c7c(ccc65)sc5ccccc57)cc34)c12. The molecule has 0 aliphatic heterocycles. The first-order valence-corrected chi connectivity index (χ1v) is 17.1. The van der Waals surface area contributed by atoms with E-state index < -0.39 is 0 Å². The minimum Gasteiger partial charge on any atom is -0.456 e. The zero-order valence-corrected chi connectivity index (χ0v) is 26.1. The lowest BCUT2D eigenvalue weighted by Crippen LogP contribution is -1.93. The Balaban J connectivity index is 1.19. The highest BCUT2D eigenvalue weighted by Gasteiger charge is 2.20. The predicted octanol–water partition coefficient (Wildman–Crippen LogP) is 13.1. The highest BCUT2D eigenvalue weighted by molar-refractivity contribution is 7.26. The van der Waals surface area contributed by atoms with Crippen LogP contribution < -0.4 is 0 Å². The van der Waals surface area contributed by atoms with Gasteiger partial charge < -0.3 is 8.98 Å². The summed E-state index contributed by atoms with van der Waals surface area (Å²) < 4.78 is 14.0. The number of furan rings is 1. The topological polar surface area (TPSA) is 18.1 Å². The second-order valence-corrected chi connectivity index (χ2v) is 14.2. The van der Waals surface area contributed by atoms with E-state index in [1.165, 1.54) is 84.4 Å². The van der Waals surface area contributed by atoms with Crippen LogP contribution in [0.4, 0.5) is 0 Å². The standard InChI is InChI=1S/C42H23NOS2/c1-4-15-32-28(9-1)40-33(20-22-38-41(40)30-11-3-6-18-36(30)45-38)43(32)24-19-21-37-31(23-24)27-14-7-13-26(42(27)46-37)25-12-8-17-35-39(25)29-10-2-5-16-34(29)44-35/h1-23H. The van der Waals surface area contributed by atoms with E-state index in [1.54, 1.807) is 0 Å². The van der Waals surface area contributed by atoms with Crippen LogP contribution in [0.3, 0.4) is 0 Å². The maximum atomic E-state index is 6.26. The maximum Gasteiger partial charge on any atom is 0.136 e. The molecule has 0 aliphatic rings. The Morgan fingerprint density at radius 3 is 2.09 bits per heavy atom. The summed E-state index contributed by atoms with van der Waals surface area (Å²) in [4.78, 5) is 0. The van der Waals surface area contributed by atoms with Crippen molar-refractivity contribution >= 4 is 107 Å². The monoisotopic (exact) mass is 621 g/mol. The summed E-state index contributed by atoms with van der Waals surface area (Å²) in [6.07, 6.45) is 0. The molecule has 4 aromatic heterocycles. The first-order chi connectivity index (χ1) is 22.8. The van der Waals surface area contributed by atoms with Crippen LogP contribution in [0.25, 0.3) is 101 Å². The minimum atomic E-state index is 0.928. The van der Waals surface area contributed by atoms with Crippen molar-refractivity contribution in [3.05, 3.63) is 140 Å². The van der Waals surface area contributed by atoms with E-state index in [9.17, 15) is 0 Å². The molecule has 7 aromatic carbocycles. The molecule has 0 atom stereocenters. The van der Waals surface area contributed by atoms with Crippen LogP contribution in [0.2, 0.25) is 0 Å². The normalized spacial score (nSPS) is 12.3. The van der Waals surface area contributed by atoms with Gasteiger partial charge in [-0.3, -0.25) is 0 Å². The van der Waals surface area contributed by atoms with Gasteiger partial charge in [0.2, 0.25) is 0 Å². The van der Waals surface area contributed by atoms with Crippen LogP contribution in [0.5, 0.6) is 0 Å². The van der Waals surface area contributed by atoms with Gasteiger partial charge in [-0.25, -0.2) is 0 Å². The maximum absolute atomic E-state index is 6.26. The molecule has 0 amide bonds. The van der Waals surface area contributed by atoms with Crippen LogP contribution >= 0.6 is 22.7 Å². The molecule has 0 fully saturated rings. The fraction of sp³-hybridized carbons (Fsp3) is 0. The van der Waals surface area contributed by atoms with Crippen molar-refractivity contribution in [3.63, 3.8) is 0 Å². The lowest BCUT2D eigenvalue weighted by Gasteiger charge is -2.09. The van der Waals surface area contributed by atoms with Gasteiger partial charge >= 0.3 is 0 Å². The Hall–Kier alpha value is -5.42. The third-order valence-electron chi connectivity index (χ3n) is 9.61. The summed E-state index contributed by atoms with van der Waals surface area (Å²) in [6.45, 7) is 0. The van der Waals surface area contributed by atoms with E-state index in [1.807, 2.05) is 28.7 Å². The molecule has 4 heteroatoms. The summed E-state index contributed by atoms with van der Waals surface area (Å²) in [5.41, 5.74) is 7.99. The predicted molar refractivity (Wildman–Crippen MR) is 199 cm³/mol. The zero-order chi connectivity index (χ0) is 29.9. The van der Waals surface area contributed by atoms with Crippen LogP contribution in [0.15, 0.2) is 144 Å². The molecule has 0 N–H and O–H groups in total. The molecule has 0 bridgehead atoms. The van der Waals surface area contributed by atoms with Gasteiger partial charge in [-0.15, -0.1) is 22.7 Å². The molecule has 11 rings (SSSR count). The van der Waals surface area contributed by atoms with Crippen molar-refractivity contribution in [2.75, 3.05) is 0 Å². The second kappa shape index (κ2) is 9.07. The molecular formula is C42H23NOS2. The Morgan fingerprint density at radius 1 is 0.413 bits per heavy atom. The van der Waals surface area contributed by atoms with E-state index in [2.05, 4.69) is 138 Å². The first kappa shape index (κ1) is 24.8. The summed E-state index contributed by atoms with van der Waals surface area (Å²) >= 11 is 3.76. The third-order valence-corrected chi connectivity index (χ3v) is 12.0. The van der Waals surface area contributed by atoms with E-state index in [-0.39, 0.29) is 0 Å². The minimum absolute atomic E-state index is 0.928. The average molecular weight is 622 g/mol. The van der Waals surface area contributed by atoms with E-state index in [0.717, 1.165) is 16.6 Å². The number of thiophene rings is 2. The number of fused-ring (bicyclic) bond motifs is 13. The van der Waals surface area contributed by atoms with Gasteiger partial charge in [0.15, 0.2) is 0 Å². The Bertz CT molecular complexity index is 3040. The fourth-order valence-corrected chi connectivity index (χ4v) is 10.0. The van der Waals surface area contributed by atoms with Crippen LogP contribution in [0, 0.1) is 0 Å². The molecule has 214 valence electrons. The molecule has 46 heavy (non-hydrogen) atoms. The van der Waals surface area contributed by atoms with Gasteiger partial charge in [0.05, 0.1) is 11.0 Å². The summed E-state index contributed by atoms with van der Waals surface area (Å²) in [5.74, 6) is 0. The lowest BCUT2D eigenvalue weighted by atomic mass is 9.98. The molecule has 2 nitrogen and oxygen atoms in total. The van der Waals surface area contributed by atoms with Gasteiger partial charge in [-0.1, -0.05) is 84.9 Å². The quantitative estimate of drug-likeness (QED) is 0.188. The van der Waals surface area contributed by atoms with Crippen LogP contribution in [0.1, 0.15) is 0 Å². The van der Waals surface area contributed by atoms with Crippen molar-refractivity contribution in [3.8, 4) is 16.8 Å². The van der Waals surface area contributed by atoms with Crippen LogP contribution in [-0.4, -0.2) is 4.57 Å². The third kappa shape index (κ3) is 3.24. The Morgan fingerprint density at radius 2 is 1.13 bits per heavy atom. The molecule has 0 radical (unpaired) electrons. The molecule has 0 saturated heterocycles. The number of hydrogen-bond donors (Lipinski definition) is 0. The molecular weight excluding hydrogens is 599 g/mol. The largest absolute Gasteiger partial charge is 0.456 e. The van der Waals surface area contributed by atoms with Gasteiger partial charge in [0.25, 0.3) is 0 Å². The number of nitrogens with zero attached hydrogens (tertiary/aromatic N) is 1. The van der Waals surface area contributed by atoms with Crippen LogP contribution in [-0.2, 0) is 0 Å². The first-order valence-electron chi connectivity index (χ1n) is 15.5. The lowest BCUT2D eigenvalue weighted by molar-refractivity contribution is 0.669. The van der Waals surface area contributed by atoms with Crippen molar-refractivity contribution in [2.45, 2.75) is 0 Å². The zero-order valence-electron chi connectivity index (χ0n) is 24.5. The van der Waals surface area contributed by atoms with E-state index in [0.29, 0.717) is 0 Å². The number of para-hydroxylation sites is 2. The summed E-state index contributed by atoms with van der Waals surface area (Å²) in [7, 11) is 0. The number of hydrogen-bond acceptors (Lipinski definition) is 3. The highest BCUT2D eigenvalue weighted by Crippen LogP contribution is 2.46. The van der Waals surface area contributed by atoms with Gasteiger partial charge in [0, 0.05) is 73.1 Å². The van der Waals surface area contributed by atoms with Crippen molar-refractivity contribution in [1.82, 2.24) is 4.57 Å². The Kier molecular flexibility index (Phi) is 4.90. The molecule has 0 aliphatic carbocycles. The van der Waals surface area contributed by atoms with Gasteiger partial charge in [0.1, 0.15) is 11.2 Å². The average Bonchev–Trinajstić information content (AvgIpc) is 3.86. The molecule has 0 spiro atoms. The van der Waals surface area contributed by atoms with Crippen molar-refractivity contribution in [1.29, 1.82) is 0 Å². The van der Waals surface area contributed by atoms with Crippen molar-refractivity contribution in [2.24, 2.45) is 0 Å². The number of aromatic nitrogens is 1. The fourth-order valence-electron chi connectivity index (χ4n) is 7.69. The number of rotatable bonds is 2. The molecule has 11 aromatic rings. The van der Waals surface area contributed by atoms with Gasteiger partial charge in [-0.2, -0.15) is 0 Å². The molecule has 0 unspecified atom stereocenters. The summed E-state index contributed by atoms with van der Waals surface area (Å²) in [6, 6.07) is 50.8. The Labute approximate surface area is 270 Å². The molecule has 0 saturated carbocycles. The number of benzene rings is 7. The summed E-state index contributed by atoms with van der Waals surface area (Å²) in [5, 5.41) is 10.2. The van der Waals surface area contributed by atoms with E-state index >= 15 is 0 Å². The highest BCUT2D eigenvalue weighted by atomic mass is 32.1. The smallest absolute Gasteiger partial charge is 0.136 e.